The van der Waals surface area contributed by atoms with Crippen LogP contribution in [0.1, 0.15) is 35.7 Å². The van der Waals surface area contributed by atoms with Crippen molar-refractivity contribution < 1.29 is 9.32 Å². The van der Waals surface area contributed by atoms with E-state index in [9.17, 15) is 4.79 Å². The number of thiazole rings is 1. The maximum absolute atomic E-state index is 13.1. The van der Waals surface area contributed by atoms with E-state index in [0.717, 1.165) is 35.4 Å². The average Bonchev–Trinajstić information content (AvgIpc) is 3.29. The summed E-state index contributed by atoms with van der Waals surface area (Å²) in [6.45, 7) is 11.1. The van der Waals surface area contributed by atoms with Crippen molar-refractivity contribution in [1.29, 1.82) is 0 Å². The van der Waals surface area contributed by atoms with Crippen LogP contribution in [0, 0.1) is 13.8 Å². The molecule has 27 heavy (non-hydrogen) atoms. The fourth-order valence-corrected chi connectivity index (χ4v) is 4.21. The van der Waals surface area contributed by atoms with Crippen LogP contribution < -0.4 is 4.90 Å². The van der Waals surface area contributed by atoms with Gasteiger partial charge in [0.2, 0.25) is 5.76 Å². The first kappa shape index (κ1) is 19.8. The normalized spacial score (nSPS) is 11.5. The summed E-state index contributed by atoms with van der Waals surface area (Å²) in [6, 6.07) is 5.46. The van der Waals surface area contributed by atoms with E-state index in [1.54, 1.807) is 17.9 Å². The lowest BCUT2D eigenvalue weighted by atomic mass is 10.2. The average molecular weight is 407 g/mol. The van der Waals surface area contributed by atoms with Crippen molar-refractivity contribution in [3.05, 3.63) is 40.2 Å². The Labute approximate surface area is 167 Å². The summed E-state index contributed by atoms with van der Waals surface area (Å²) in [5.74, 6) is -0.0234. The minimum Gasteiger partial charge on any atom is -0.351 e. The quantitative estimate of drug-likeness (QED) is 0.576. The molecule has 0 fully saturated rings. The van der Waals surface area contributed by atoms with E-state index in [0.29, 0.717) is 22.4 Å². The first-order valence-electron chi connectivity index (χ1n) is 8.97. The number of benzene rings is 1. The van der Waals surface area contributed by atoms with Crippen LogP contribution in [0.2, 0.25) is 5.02 Å². The number of rotatable bonds is 7. The van der Waals surface area contributed by atoms with Crippen molar-refractivity contribution in [2.24, 2.45) is 0 Å². The minimum absolute atomic E-state index is 0.217. The Bertz CT molecular complexity index is 909. The lowest BCUT2D eigenvalue weighted by molar-refractivity contribution is 0.0948. The standard InChI is InChI=1S/C19H23ClN4O2S/c1-5-23(6-2)9-10-24(18(25)15-11-13(4)22-26-15)19-21-16-12(3)7-8-14(20)17(16)27-19/h7-8,11H,5-6,9-10H2,1-4H3. The van der Waals surface area contributed by atoms with Crippen molar-refractivity contribution in [1.82, 2.24) is 15.0 Å². The highest BCUT2D eigenvalue weighted by atomic mass is 35.5. The van der Waals surface area contributed by atoms with Crippen molar-refractivity contribution in [3.8, 4) is 0 Å². The van der Waals surface area contributed by atoms with Crippen molar-refractivity contribution in [3.63, 3.8) is 0 Å². The van der Waals surface area contributed by atoms with Gasteiger partial charge in [-0.05, 0) is 38.6 Å². The van der Waals surface area contributed by atoms with Crippen LogP contribution >= 0.6 is 22.9 Å². The zero-order valence-electron chi connectivity index (χ0n) is 16.0. The van der Waals surface area contributed by atoms with E-state index in [4.69, 9.17) is 21.1 Å². The molecule has 0 atom stereocenters. The zero-order chi connectivity index (χ0) is 19.6. The second kappa shape index (κ2) is 8.37. The van der Waals surface area contributed by atoms with E-state index in [-0.39, 0.29) is 11.7 Å². The Morgan fingerprint density at radius 3 is 2.56 bits per heavy atom. The summed E-state index contributed by atoms with van der Waals surface area (Å²) >= 11 is 7.77. The number of aromatic nitrogens is 2. The molecule has 0 aliphatic rings. The van der Waals surface area contributed by atoms with Crippen LogP contribution in [0.5, 0.6) is 0 Å². The number of hydrogen-bond acceptors (Lipinski definition) is 6. The van der Waals surface area contributed by atoms with Gasteiger partial charge in [-0.3, -0.25) is 9.69 Å². The highest BCUT2D eigenvalue weighted by molar-refractivity contribution is 7.23. The first-order chi connectivity index (χ1) is 12.9. The van der Waals surface area contributed by atoms with Crippen molar-refractivity contribution in [2.45, 2.75) is 27.7 Å². The molecule has 1 aromatic carbocycles. The molecule has 0 saturated heterocycles. The molecule has 0 unspecified atom stereocenters. The van der Waals surface area contributed by atoms with Gasteiger partial charge in [-0.15, -0.1) is 0 Å². The van der Waals surface area contributed by atoms with Gasteiger partial charge in [0.1, 0.15) is 0 Å². The SMILES string of the molecule is CCN(CC)CCN(C(=O)c1cc(C)no1)c1nc2c(C)ccc(Cl)c2s1. The Hall–Kier alpha value is -1.96. The molecule has 0 N–H and O–H groups in total. The molecule has 8 heteroatoms. The van der Waals surface area contributed by atoms with Crippen LogP contribution in [-0.2, 0) is 0 Å². The first-order valence-corrected chi connectivity index (χ1v) is 10.2. The molecule has 0 aliphatic carbocycles. The van der Waals surface area contributed by atoms with Crippen molar-refractivity contribution >= 4 is 44.2 Å². The number of carbonyl (C=O) groups excluding carboxylic acids is 1. The maximum atomic E-state index is 13.1. The minimum atomic E-state index is -0.240. The summed E-state index contributed by atoms with van der Waals surface area (Å²) in [5, 5.41) is 5.10. The Morgan fingerprint density at radius 1 is 1.22 bits per heavy atom. The Balaban J connectivity index is 1.99. The predicted octanol–water partition coefficient (Wildman–Crippen LogP) is 4.54. The lowest BCUT2D eigenvalue weighted by Crippen LogP contribution is -2.38. The molecule has 0 aliphatic heterocycles. The predicted molar refractivity (Wildman–Crippen MR) is 110 cm³/mol. The topological polar surface area (TPSA) is 62.5 Å². The smallest absolute Gasteiger partial charge is 0.298 e. The number of likely N-dealkylation sites (N-methyl/N-ethyl adjacent to an activating group) is 1. The molecule has 0 radical (unpaired) electrons. The number of halogens is 1. The highest BCUT2D eigenvalue weighted by Gasteiger charge is 2.25. The van der Waals surface area contributed by atoms with Crippen LogP contribution in [0.3, 0.4) is 0 Å². The van der Waals surface area contributed by atoms with E-state index < -0.39 is 0 Å². The molecule has 0 bridgehead atoms. The summed E-state index contributed by atoms with van der Waals surface area (Å²) in [7, 11) is 0. The van der Waals surface area contributed by atoms with E-state index in [1.807, 2.05) is 19.1 Å². The van der Waals surface area contributed by atoms with Gasteiger partial charge >= 0.3 is 0 Å². The number of carbonyl (C=O) groups is 1. The van der Waals surface area contributed by atoms with Gasteiger partial charge in [-0.1, -0.05) is 48.0 Å². The molecule has 144 valence electrons. The monoisotopic (exact) mass is 406 g/mol. The van der Waals surface area contributed by atoms with Gasteiger partial charge in [0.05, 0.1) is 20.9 Å². The maximum Gasteiger partial charge on any atom is 0.298 e. The van der Waals surface area contributed by atoms with Crippen LogP contribution in [0.4, 0.5) is 5.13 Å². The molecule has 0 saturated carbocycles. The van der Waals surface area contributed by atoms with Crippen molar-refractivity contribution in [2.75, 3.05) is 31.1 Å². The van der Waals surface area contributed by atoms with Gasteiger partial charge in [-0.25, -0.2) is 4.98 Å². The number of amides is 1. The Morgan fingerprint density at radius 2 is 1.96 bits per heavy atom. The van der Waals surface area contributed by atoms with Gasteiger partial charge in [-0.2, -0.15) is 0 Å². The van der Waals surface area contributed by atoms with Crippen LogP contribution in [0.15, 0.2) is 22.7 Å². The molecule has 2 heterocycles. The number of hydrogen-bond donors (Lipinski definition) is 0. The molecular weight excluding hydrogens is 384 g/mol. The number of fused-ring (bicyclic) bond motifs is 1. The third-order valence-corrected chi connectivity index (χ3v) is 6.07. The summed E-state index contributed by atoms with van der Waals surface area (Å²) < 4.78 is 6.10. The fourth-order valence-electron chi connectivity index (χ4n) is 2.87. The summed E-state index contributed by atoms with van der Waals surface area (Å²) in [5.41, 5.74) is 2.53. The second-order valence-electron chi connectivity index (χ2n) is 6.35. The molecule has 0 spiro atoms. The lowest BCUT2D eigenvalue weighted by Gasteiger charge is -2.23. The highest BCUT2D eigenvalue weighted by Crippen LogP contribution is 2.36. The molecular formula is C19H23ClN4O2S. The zero-order valence-corrected chi connectivity index (χ0v) is 17.5. The number of nitrogens with zero attached hydrogens (tertiary/aromatic N) is 4. The third-order valence-electron chi connectivity index (χ3n) is 4.54. The molecule has 6 nitrogen and oxygen atoms in total. The summed E-state index contributed by atoms with van der Waals surface area (Å²) in [4.78, 5) is 21.7. The molecule has 2 aromatic heterocycles. The van der Waals surface area contributed by atoms with Gasteiger partial charge in [0.25, 0.3) is 5.91 Å². The largest absolute Gasteiger partial charge is 0.351 e. The molecule has 3 aromatic rings. The third kappa shape index (κ3) is 4.15. The van der Waals surface area contributed by atoms with Crippen LogP contribution in [0.25, 0.3) is 10.2 Å². The van der Waals surface area contributed by atoms with Gasteiger partial charge in [0, 0.05) is 19.2 Å². The van der Waals surface area contributed by atoms with Gasteiger partial charge < -0.3 is 9.42 Å². The van der Waals surface area contributed by atoms with E-state index in [2.05, 4.69) is 23.9 Å². The van der Waals surface area contributed by atoms with Gasteiger partial charge in [0.15, 0.2) is 5.13 Å². The molecule has 1 amide bonds. The number of aryl methyl sites for hydroxylation is 2. The number of anilines is 1. The van der Waals surface area contributed by atoms with E-state index in [1.165, 1.54) is 11.3 Å². The fraction of sp³-hybridized carbons (Fsp3) is 0.421. The molecule has 3 rings (SSSR count). The second-order valence-corrected chi connectivity index (χ2v) is 7.74. The van der Waals surface area contributed by atoms with Crippen LogP contribution in [-0.4, -0.2) is 47.1 Å². The van der Waals surface area contributed by atoms with E-state index >= 15 is 0 Å². The summed E-state index contributed by atoms with van der Waals surface area (Å²) in [6.07, 6.45) is 0. The Kier molecular flexibility index (Phi) is 6.14.